The number of aliphatic hydroxyl groups excluding tert-OH is 4. The number of carbonyl (C=O) groups is 5. The number of ketones is 1. The molecule has 4 fully saturated rings. The van der Waals surface area contributed by atoms with Gasteiger partial charge in [0.1, 0.15) is 47.8 Å². The maximum Gasteiger partial charge on any atom is 0.329 e. The predicted octanol–water partition coefficient (Wildman–Crippen LogP) is 7.05. The normalized spacial score (nSPS) is 22.1. The molecule has 14 N–H and O–H groups in total. The first-order chi connectivity index (χ1) is 56.6. The first kappa shape index (κ1) is 97.6. The summed E-state index contributed by atoms with van der Waals surface area (Å²) in [7, 11) is 1.58. The highest BCUT2D eigenvalue weighted by atomic mass is 16.6. The minimum absolute atomic E-state index is 0.0248. The van der Waals surface area contributed by atoms with Gasteiger partial charge in [-0.3, -0.25) is 24.6 Å². The van der Waals surface area contributed by atoms with Crippen LogP contribution in [0.2, 0.25) is 0 Å². The SMILES string of the molecule is CC/C=C/C=C(\C)[C@H](C[C@@H]1CC[C@@H](C)[C@](O)(C(=O)C(=O)N2CCCC[C@H]2C(=O)O[C@@H](C[C@@H](O)[C@H](C)/C=C(\C)[C@@H](O)[C@@H](O)/C(=N/OCC(=O)NCCOCCOCCOCCOCCOCCOCCCCC(=O)N2CCC(Nc3ncnc(N)c3C(=N)c3ccc4oc(N)nc4c3)CC2)[C@H](C)CC(C)C)[C@H](N)C[C@H]2CC[C@H](O)CC2)O1)OC. The Morgan fingerprint density at radius 2 is 1.44 bits per heavy atom. The molecule has 1 saturated carbocycles. The highest BCUT2D eigenvalue weighted by Crippen LogP contribution is 2.38. The minimum Gasteiger partial charge on any atom is -0.459 e. The highest BCUT2D eigenvalue weighted by Gasteiger charge is 2.53. The maximum absolute atomic E-state index is 14.5. The molecule has 1 aromatic carbocycles. The van der Waals surface area contributed by atoms with Crippen molar-refractivity contribution in [3.05, 3.63) is 71.1 Å². The second-order valence-corrected chi connectivity index (χ2v) is 32.2. The van der Waals surface area contributed by atoms with Crippen molar-refractivity contribution in [3.63, 3.8) is 0 Å². The van der Waals surface area contributed by atoms with Crippen molar-refractivity contribution in [2.75, 3.05) is 136 Å². The number of hydrogen-bond donors (Lipinski definition) is 11. The molecule has 3 amide bonds. The second kappa shape index (κ2) is 51.3. The molecule has 7 rings (SSSR count). The summed E-state index contributed by atoms with van der Waals surface area (Å²) in [5.41, 5.74) is 22.4. The number of ether oxygens (including phenoxy) is 9. The summed E-state index contributed by atoms with van der Waals surface area (Å²) < 4.78 is 57.3. The molecule has 4 aliphatic rings. The summed E-state index contributed by atoms with van der Waals surface area (Å²) in [4.78, 5) is 90.4. The third-order valence-electron chi connectivity index (χ3n) is 22.4. The van der Waals surface area contributed by atoms with E-state index >= 15 is 0 Å². The zero-order chi connectivity index (χ0) is 85.7. The van der Waals surface area contributed by atoms with E-state index in [2.05, 4.69) is 30.7 Å². The lowest BCUT2D eigenvalue weighted by Gasteiger charge is -2.42. The lowest BCUT2D eigenvalue weighted by atomic mass is 9.81. The Labute approximate surface area is 695 Å². The number of anilines is 3. The fraction of sp³-hybridized carbons (Fsp3) is 0.718. The monoisotopic (exact) mass is 1660 g/mol. The quantitative estimate of drug-likeness (QED) is 0.00513. The first-order valence-electron chi connectivity index (χ1n) is 42.4. The average molecular weight is 1660 g/mol. The lowest BCUT2D eigenvalue weighted by molar-refractivity contribution is -0.265. The number of carbonyl (C=O) groups excluding carboxylic acids is 5. The van der Waals surface area contributed by atoms with Gasteiger partial charge in [-0.15, -0.1) is 0 Å². The summed E-state index contributed by atoms with van der Waals surface area (Å²) in [6.07, 6.45) is 12.2. The third kappa shape index (κ3) is 31.5. The number of methoxy groups -OCH3 is 1. The number of aromatic nitrogens is 3. The van der Waals surface area contributed by atoms with Gasteiger partial charge in [-0.2, -0.15) is 4.98 Å². The number of Topliss-reactive ketones (excluding diaryl/α,β-unsaturated/α-hetero) is 1. The molecule has 3 aliphatic heterocycles. The van der Waals surface area contributed by atoms with E-state index in [1.54, 1.807) is 52.2 Å². The van der Waals surface area contributed by atoms with Crippen molar-refractivity contribution in [1.82, 2.24) is 30.1 Å². The number of nitrogens with zero attached hydrogens (tertiary/aromatic N) is 6. The maximum atomic E-state index is 14.5. The summed E-state index contributed by atoms with van der Waals surface area (Å²) >= 11 is 0. The highest BCUT2D eigenvalue weighted by molar-refractivity contribution is 6.39. The van der Waals surface area contributed by atoms with Crippen molar-refractivity contribution in [2.24, 2.45) is 40.5 Å². The van der Waals surface area contributed by atoms with Crippen molar-refractivity contribution in [1.29, 1.82) is 5.41 Å². The van der Waals surface area contributed by atoms with Crippen LogP contribution in [0.15, 0.2) is 69.5 Å². The molecule has 5 heterocycles. The van der Waals surface area contributed by atoms with E-state index in [0.717, 1.165) is 23.3 Å². The van der Waals surface area contributed by atoms with Gasteiger partial charge in [-0.1, -0.05) is 71.0 Å². The van der Waals surface area contributed by atoms with Crippen LogP contribution in [0.1, 0.15) is 189 Å². The molecule has 0 spiro atoms. The van der Waals surface area contributed by atoms with Gasteiger partial charge < -0.3 is 115 Å². The number of piperidine rings is 2. The van der Waals surface area contributed by atoms with E-state index in [1.807, 2.05) is 57.7 Å². The number of allylic oxidation sites excluding steroid dienone is 3. The van der Waals surface area contributed by atoms with Gasteiger partial charge in [0.25, 0.3) is 23.6 Å². The van der Waals surface area contributed by atoms with Crippen LogP contribution in [0, 0.1) is 35.0 Å². The Morgan fingerprint density at radius 3 is 2.08 bits per heavy atom. The van der Waals surface area contributed by atoms with E-state index in [0.29, 0.717) is 209 Å². The van der Waals surface area contributed by atoms with Crippen molar-refractivity contribution in [2.45, 2.75) is 244 Å². The van der Waals surface area contributed by atoms with Crippen molar-refractivity contribution < 1.29 is 101 Å². The molecule has 1 aliphatic carbocycles. The number of unbranched alkanes of at least 4 members (excludes halogenated alkanes) is 1. The van der Waals surface area contributed by atoms with E-state index in [9.17, 15) is 49.5 Å². The summed E-state index contributed by atoms with van der Waals surface area (Å²) in [5.74, 6) is -6.80. The second-order valence-electron chi connectivity index (χ2n) is 32.2. The Hall–Kier alpha value is -7.48. The van der Waals surface area contributed by atoms with E-state index in [-0.39, 0.29) is 98.2 Å². The van der Waals surface area contributed by atoms with Crippen molar-refractivity contribution in [3.8, 4) is 0 Å². The number of oxazole rings is 1. The average Bonchev–Trinajstić information content (AvgIpc) is 0.869. The summed E-state index contributed by atoms with van der Waals surface area (Å²) in [6.45, 7) is 20.2. The van der Waals surface area contributed by atoms with Gasteiger partial charge in [-0.05, 0) is 158 Å². The number of oxime groups is 1. The van der Waals surface area contributed by atoms with Crippen LogP contribution < -0.4 is 27.8 Å². The number of benzene rings is 1. The number of likely N-dealkylation sites (tertiary alicyclic amines) is 2. The van der Waals surface area contributed by atoms with Gasteiger partial charge in [-0.25, -0.2) is 14.8 Å². The van der Waals surface area contributed by atoms with Crippen LogP contribution in [0.3, 0.4) is 0 Å². The zero-order valence-corrected chi connectivity index (χ0v) is 70.9. The minimum atomic E-state index is -2.46. The molecule has 3 saturated heterocycles. The Bertz CT molecular complexity index is 3700. The Balaban J connectivity index is 0.729. The van der Waals surface area contributed by atoms with Crippen molar-refractivity contribution >= 4 is 69.6 Å². The van der Waals surface area contributed by atoms with Crippen LogP contribution in [0.25, 0.3) is 11.1 Å². The standard InChI is InChI=1S/C85H136N12O21/c1-10-11-12-17-55(4)70(108-9)50-64-26-20-59(8)85(107,118-64)79(104)82(105)97-31-15-13-18-67(97)83(106)116-71(65(86)48-60-21-24-63(98)25-22-60)51-68(99)56(5)47-58(7)77(102)78(103)76(57(6)46-54(2)3)95-115-52-72(100)90-30-35-110-37-39-112-41-43-114-45-44-113-42-40-111-38-36-109-34-16-14-19-73(101)96-32-28-62(29-33-96)93-81-74(80(88)91-53-92-81)75(87)61-23-27-69-66(49-61)94-84(89)117-69/h11-12,17,23,27,47,49,53-54,56-57,59-60,62-65,67-68,70-71,77-78,87,98-99,102-103,107H,10,13-16,18-22,24-26,28-46,48,50-52,86H2,1-9H3,(H2,89,94)(H,90,100)(H3,88,91,92,93)/b12-11+,55-17+,58-47+,87-75?,95-76+/t56-,57-,59-,60-,63-,64+,65-,67+,68-,70+,71+,77-,78+,85-/m1/s1. The van der Waals surface area contributed by atoms with Gasteiger partial charge in [0, 0.05) is 94.6 Å². The van der Waals surface area contributed by atoms with Crippen LogP contribution in [-0.2, 0) is 71.4 Å². The van der Waals surface area contributed by atoms with E-state index in [1.165, 1.54) is 6.33 Å². The van der Waals surface area contributed by atoms with E-state index < -0.39 is 96.5 Å². The van der Waals surface area contributed by atoms with Gasteiger partial charge in [0.15, 0.2) is 12.2 Å². The number of nitrogens with one attached hydrogen (secondary N) is 3. The molecule has 0 radical (unpaired) electrons. The molecule has 0 unspecified atom stereocenters. The molecule has 2 aromatic heterocycles. The molecule has 12 atom stereocenters. The summed E-state index contributed by atoms with van der Waals surface area (Å²) in [5, 5.41) is 77.0. The molecule has 33 heteroatoms. The number of nitrogen functional groups attached to an aromatic ring is 2. The zero-order valence-electron chi connectivity index (χ0n) is 70.9. The molecular formula is C85H136N12O21. The fourth-order valence-corrected chi connectivity index (χ4v) is 15.4. The molecule has 118 heavy (non-hydrogen) atoms. The number of nitrogens with two attached hydrogens (primary N) is 3. The van der Waals surface area contributed by atoms with Gasteiger partial charge in [0.2, 0.25) is 11.7 Å². The Morgan fingerprint density at radius 1 is 0.788 bits per heavy atom. The fourth-order valence-electron chi connectivity index (χ4n) is 15.4. The van der Waals surface area contributed by atoms with Gasteiger partial charge in [0.05, 0.1) is 114 Å². The molecule has 662 valence electrons. The number of esters is 1. The number of fused-ring (bicyclic) bond motifs is 1. The van der Waals surface area contributed by atoms with Crippen LogP contribution in [0.5, 0.6) is 0 Å². The largest absolute Gasteiger partial charge is 0.459 e. The Kier molecular flexibility index (Phi) is 42.5. The lowest BCUT2D eigenvalue weighted by Crippen LogP contribution is -2.61. The van der Waals surface area contributed by atoms with E-state index in [4.69, 9.17) is 74.5 Å². The third-order valence-corrected chi connectivity index (χ3v) is 22.4. The number of hydrogen-bond acceptors (Lipinski definition) is 30. The number of aliphatic hydroxyl groups is 5. The molecule has 33 nitrogen and oxygen atoms in total. The van der Waals surface area contributed by atoms with Crippen LogP contribution in [0.4, 0.5) is 17.7 Å². The molecule has 3 aromatic rings. The summed E-state index contributed by atoms with van der Waals surface area (Å²) in [6, 6.07) is 3.23. The van der Waals surface area contributed by atoms with Crippen LogP contribution in [-0.4, -0.2) is 277 Å². The topological polar surface area (TPSA) is 475 Å². The number of rotatable bonds is 53. The predicted molar refractivity (Wildman–Crippen MR) is 445 cm³/mol. The smallest absolute Gasteiger partial charge is 0.329 e. The molecular weight excluding hydrogens is 1520 g/mol. The van der Waals surface area contributed by atoms with Gasteiger partial charge >= 0.3 is 5.97 Å². The number of amides is 3. The van der Waals surface area contributed by atoms with Crippen LogP contribution >= 0.6 is 0 Å². The first-order valence-corrected chi connectivity index (χ1v) is 42.4. The molecule has 0 bridgehead atoms.